The highest BCUT2D eigenvalue weighted by atomic mass is 16.5. The van der Waals surface area contributed by atoms with Gasteiger partial charge in [-0.15, -0.1) is 0 Å². The number of amides is 1. The minimum absolute atomic E-state index is 0.0473. The lowest BCUT2D eigenvalue weighted by molar-refractivity contribution is 0.0767. The molecule has 1 saturated heterocycles. The van der Waals surface area contributed by atoms with E-state index in [1.54, 1.807) is 15.8 Å². The number of nitriles is 1. The van der Waals surface area contributed by atoms with Gasteiger partial charge in [-0.05, 0) is 6.42 Å². The maximum absolute atomic E-state index is 13.0. The van der Waals surface area contributed by atoms with E-state index in [2.05, 4.69) is 11.2 Å². The van der Waals surface area contributed by atoms with E-state index in [1.807, 2.05) is 37.4 Å². The highest BCUT2D eigenvalue weighted by molar-refractivity contribution is 5.99. The molecule has 1 aliphatic heterocycles. The Labute approximate surface area is 147 Å². The number of aromatic nitrogens is 2. The second-order valence-electron chi connectivity index (χ2n) is 6.32. The van der Waals surface area contributed by atoms with E-state index in [9.17, 15) is 4.79 Å². The number of aryl methyl sites for hydroxylation is 1. The topological polar surface area (TPSA) is 71.2 Å². The van der Waals surface area contributed by atoms with Crippen molar-refractivity contribution >= 4 is 5.91 Å². The summed E-state index contributed by atoms with van der Waals surface area (Å²) in [4.78, 5) is 14.7. The third-order valence-corrected chi connectivity index (χ3v) is 4.46. The van der Waals surface area contributed by atoms with Gasteiger partial charge in [0.1, 0.15) is 0 Å². The number of hydrogen-bond donors (Lipinski definition) is 0. The number of carbonyl (C=O) groups excluding carboxylic acids is 1. The predicted molar refractivity (Wildman–Crippen MR) is 93.8 cm³/mol. The molecule has 0 radical (unpaired) electrons. The summed E-state index contributed by atoms with van der Waals surface area (Å²) in [6, 6.07) is 11.9. The summed E-state index contributed by atoms with van der Waals surface area (Å²) in [6.45, 7) is 2.63. The highest BCUT2D eigenvalue weighted by Gasteiger charge is 2.25. The fraction of sp³-hybridized carbons (Fsp3) is 0.421. The van der Waals surface area contributed by atoms with Crippen LogP contribution in [0.2, 0.25) is 0 Å². The molecule has 0 bridgehead atoms. The van der Waals surface area contributed by atoms with Gasteiger partial charge >= 0.3 is 0 Å². The van der Waals surface area contributed by atoms with Crippen molar-refractivity contribution in [3.63, 3.8) is 0 Å². The summed E-state index contributed by atoms with van der Waals surface area (Å²) >= 11 is 0. The Morgan fingerprint density at radius 1 is 1.44 bits per heavy atom. The first-order valence-corrected chi connectivity index (χ1v) is 8.52. The van der Waals surface area contributed by atoms with Crippen LogP contribution in [-0.4, -0.2) is 47.4 Å². The molecule has 1 aromatic carbocycles. The van der Waals surface area contributed by atoms with E-state index < -0.39 is 0 Å². The molecule has 1 amide bonds. The maximum Gasteiger partial charge on any atom is 0.257 e. The van der Waals surface area contributed by atoms with Crippen molar-refractivity contribution in [3.8, 4) is 17.3 Å². The summed E-state index contributed by atoms with van der Waals surface area (Å²) in [5.41, 5.74) is 2.28. The van der Waals surface area contributed by atoms with Crippen molar-refractivity contribution in [3.05, 3.63) is 42.1 Å². The second kappa shape index (κ2) is 7.95. The Hall–Kier alpha value is -2.65. The van der Waals surface area contributed by atoms with Gasteiger partial charge in [0, 0.05) is 31.7 Å². The van der Waals surface area contributed by atoms with Crippen molar-refractivity contribution in [1.82, 2.24) is 14.7 Å². The first-order chi connectivity index (χ1) is 12.2. The van der Waals surface area contributed by atoms with Crippen LogP contribution in [0.4, 0.5) is 0 Å². The number of carbonyl (C=O) groups is 1. The fourth-order valence-corrected chi connectivity index (χ4v) is 3.17. The lowest BCUT2D eigenvalue weighted by Gasteiger charge is -2.20. The molecule has 2 aromatic rings. The van der Waals surface area contributed by atoms with Gasteiger partial charge in [-0.1, -0.05) is 30.3 Å². The summed E-state index contributed by atoms with van der Waals surface area (Å²) < 4.78 is 7.15. The molecule has 6 nitrogen and oxygen atoms in total. The molecule has 1 atom stereocenters. The quantitative estimate of drug-likeness (QED) is 0.811. The molecule has 6 heteroatoms. The molecule has 25 heavy (non-hydrogen) atoms. The summed E-state index contributed by atoms with van der Waals surface area (Å²) in [5.74, 6) is 0.344. The standard InChI is InChI=1S/C19H22N4O2/c1-22(13-15-8-11-25-14-15)19(24)17-12-21-23(10-5-9-20)18(17)16-6-3-2-4-7-16/h2-4,6-7,12,15H,5,8,10-11,13-14H2,1H3. The van der Waals surface area contributed by atoms with E-state index >= 15 is 0 Å². The van der Waals surface area contributed by atoms with Crippen molar-refractivity contribution in [2.75, 3.05) is 26.8 Å². The van der Waals surface area contributed by atoms with Gasteiger partial charge in [0.05, 0.1) is 43.1 Å². The van der Waals surface area contributed by atoms with Crippen molar-refractivity contribution in [1.29, 1.82) is 5.26 Å². The van der Waals surface area contributed by atoms with Gasteiger partial charge in [-0.25, -0.2) is 0 Å². The summed E-state index contributed by atoms with van der Waals surface area (Å²) in [6.07, 6.45) is 2.96. The Bertz CT molecular complexity index is 757. The third kappa shape index (κ3) is 3.89. The molecule has 1 fully saturated rings. The van der Waals surface area contributed by atoms with E-state index in [4.69, 9.17) is 10.00 Å². The number of nitrogens with zero attached hydrogens (tertiary/aromatic N) is 4. The van der Waals surface area contributed by atoms with Gasteiger partial charge in [-0.3, -0.25) is 9.48 Å². The molecule has 0 aliphatic carbocycles. The third-order valence-electron chi connectivity index (χ3n) is 4.46. The average molecular weight is 338 g/mol. The Balaban J connectivity index is 1.88. The van der Waals surface area contributed by atoms with E-state index in [-0.39, 0.29) is 5.91 Å². The molecule has 0 saturated carbocycles. The smallest absolute Gasteiger partial charge is 0.257 e. The van der Waals surface area contributed by atoms with Gasteiger partial charge < -0.3 is 9.64 Å². The van der Waals surface area contributed by atoms with E-state index in [0.29, 0.717) is 37.6 Å². The number of benzene rings is 1. The van der Waals surface area contributed by atoms with Crippen LogP contribution in [0.25, 0.3) is 11.3 Å². The molecular weight excluding hydrogens is 316 g/mol. The van der Waals surface area contributed by atoms with E-state index in [1.165, 1.54) is 0 Å². The fourth-order valence-electron chi connectivity index (χ4n) is 3.17. The molecule has 1 unspecified atom stereocenters. The van der Waals surface area contributed by atoms with Crippen LogP contribution in [-0.2, 0) is 11.3 Å². The first kappa shape index (κ1) is 17.2. The van der Waals surface area contributed by atoms with Crippen LogP contribution >= 0.6 is 0 Å². The van der Waals surface area contributed by atoms with Crippen molar-refractivity contribution in [2.45, 2.75) is 19.4 Å². The minimum atomic E-state index is -0.0473. The van der Waals surface area contributed by atoms with Gasteiger partial charge in [0.2, 0.25) is 0 Å². The summed E-state index contributed by atoms with van der Waals surface area (Å²) in [7, 11) is 1.82. The van der Waals surface area contributed by atoms with Crippen LogP contribution in [0.15, 0.2) is 36.5 Å². The van der Waals surface area contributed by atoms with Crippen LogP contribution in [0.5, 0.6) is 0 Å². The Morgan fingerprint density at radius 3 is 2.92 bits per heavy atom. The Kier molecular flexibility index (Phi) is 5.46. The zero-order valence-electron chi connectivity index (χ0n) is 14.4. The largest absolute Gasteiger partial charge is 0.381 e. The van der Waals surface area contributed by atoms with Crippen molar-refractivity contribution in [2.24, 2.45) is 5.92 Å². The lowest BCUT2D eigenvalue weighted by atomic mass is 10.1. The maximum atomic E-state index is 13.0. The molecule has 3 rings (SSSR count). The number of rotatable bonds is 6. The summed E-state index contributed by atoms with van der Waals surface area (Å²) in [5, 5.41) is 13.2. The van der Waals surface area contributed by atoms with Crippen molar-refractivity contribution < 1.29 is 9.53 Å². The second-order valence-corrected chi connectivity index (χ2v) is 6.32. The average Bonchev–Trinajstić information content (AvgIpc) is 3.29. The van der Waals surface area contributed by atoms with Crippen LogP contribution in [0.3, 0.4) is 0 Å². The lowest BCUT2D eigenvalue weighted by Crippen LogP contribution is -2.32. The first-order valence-electron chi connectivity index (χ1n) is 8.52. The molecular formula is C19H22N4O2. The molecule has 1 aromatic heterocycles. The number of ether oxygens (including phenoxy) is 1. The molecule has 1 aliphatic rings. The van der Waals surface area contributed by atoms with Crippen LogP contribution in [0, 0.1) is 17.2 Å². The van der Waals surface area contributed by atoms with E-state index in [0.717, 1.165) is 24.3 Å². The van der Waals surface area contributed by atoms with Gasteiger partial charge in [0.25, 0.3) is 5.91 Å². The van der Waals surface area contributed by atoms with Gasteiger partial charge in [0.15, 0.2) is 0 Å². The monoisotopic (exact) mass is 338 g/mol. The zero-order chi connectivity index (χ0) is 17.6. The zero-order valence-corrected chi connectivity index (χ0v) is 14.4. The predicted octanol–water partition coefficient (Wildman–Crippen LogP) is 2.57. The Morgan fingerprint density at radius 2 is 2.24 bits per heavy atom. The van der Waals surface area contributed by atoms with Crippen LogP contribution in [0.1, 0.15) is 23.2 Å². The molecule has 0 spiro atoms. The SMILES string of the molecule is CN(CC1CCOC1)C(=O)c1cnn(CCC#N)c1-c1ccccc1. The highest BCUT2D eigenvalue weighted by Crippen LogP contribution is 2.25. The molecule has 0 N–H and O–H groups in total. The minimum Gasteiger partial charge on any atom is -0.381 e. The molecule has 2 heterocycles. The normalized spacial score (nSPS) is 16.6. The van der Waals surface area contributed by atoms with Gasteiger partial charge in [-0.2, -0.15) is 10.4 Å². The van der Waals surface area contributed by atoms with Crippen LogP contribution < -0.4 is 0 Å². The number of hydrogen-bond acceptors (Lipinski definition) is 4. The molecule has 130 valence electrons.